The average molecular weight is 349 g/mol. The Morgan fingerprint density at radius 2 is 2.04 bits per heavy atom. The number of aromatic nitrogens is 3. The van der Waals surface area contributed by atoms with Gasteiger partial charge >= 0.3 is 0 Å². The Labute approximate surface area is 150 Å². The first-order valence-corrected chi connectivity index (χ1v) is 8.56. The van der Waals surface area contributed by atoms with Gasteiger partial charge in [-0.25, -0.2) is 4.98 Å². The fourth-order valence-electron chi connectivity index (χ4n) is 3.27. The molecule has 7 nitrogen and oxygen atoms in total. The molecule has 1 aliphatic heterocycles. The number of aromatic amines is 1. The molecule has 2 aromatic heterocycles. The van der Waals surface area contributed by atoms with Crippen LogP contribution in [0, 0.1) is 0 Å². The number of hydrogen-bond donors (Lipinski definition) is 3. The molecule has 3 heterocycles. The van der Waals surface area contributed by atoms with E-state index in [9.17, 15) is 9.59 Å². The molecule has 1 aliphatic rings. The number of hydrogen-bond acceptors (Lipinski definition) is 3. The number of imidazole rings is 1. The second-order valence-electron chi connectivity index (χ2n) is 6.25. The molecule has 1 atom stereocenters. The van der Waals surface area contributed by atoms with Gasteiger partial charge in [0.2, 0.25) is 0 Å². The number of carbonyl (C=O) groups is 2. The Hall–Kier alpha value is -3.35. The monoisotopic (exact) mass is 349 g/mol. The van der Waals surface area contributed by atoms with Gasteiger partial charge in [0.15, 0.2) is 0 Å². The fourth-order valence-corrected chi connectivity index (χ4v) is 3.27. The molecule has 0 aliphatic carbocycles. The second-order valence-corrected chi connectivity index (χ2v) is 6.25. The van der Waals surface area contributed by atoms with Crippen LogP contribution in [0.15, 0.2) is 55.0 Å². The van der Waals surface area contributed by atoms with Crippen LogP contribution in [0.25, 0.3) is 0 Å². The lowest BCUT2D eigenvalue weighted by atomic mass is 10.2. The van der Waals surface area contributed by atoms with Crippen LogP contribution in [0.5, 0.6) is 0 Å². The third kappa shape index (κ3) is 3.11. The van der Waals surface area contributed by atoms with Crippen LogP contribution in [0.2, 0.25) is 0 Å². The SMILES string of the molecule is O=C(NCC1CCc2ncc(C(=O)Nc3ccccc3)n21)c1cc[nH]c1. The average Bonchev–Trinajstić information content (AvgIpc) is 3.38. The van der Waals surface area contributed by atoms with E-state index in [-0.39, 0.29) is 17.9 Å². The summed E-state index contributed by atoms with van der Waals surface area (Å²) in [6.07, 6.45) is 6.62. The minimum Gasteiger partial charge on any atom is -0.367 e. The molecule has 132 valence electrons. The summed E-state index contributed by atoms with van der Waals surface area (Å²) >= 11 is 0. The topological polar surface area (TPSA) is 91.8 Å². The van der Waals surface area contributed by atoms with Gasteiger partial charge in [-0.05, 0) is 24.6 Å². The van der Waals surface area contributed by atoms with Crippen molar-refractivity contribution < 1.29 is 9.59 Å². The highest BCUT2D eigenvalue weighted by Crippen LogP contribution is 2.27. The second kappa shape index (κ2) is 6.87. The lowest BCUT2D eigenvalue weighted by Gasteiger charge is -2.17. The van der Waals surface area contributed by atoms with E-state index in [0.717, 1.165) is 24.4 Å². The summed E-state index contributed by atoms with van der Waals surface area (Å²) in [6, 6.07) is 11.1. The van der Waals surface area contributed by atoms with E-state index in [4.69, 9.17) is 0 Å². The van der Waals surface area contributed by atoms with Gasteiger partial charge in [-0.1, -0.05) is 18.2 Å². The van der Waals surface area contributed by atoms with E-state index in [1.807, 2.05) is 34.9 Å². The predicted molar refractivity (Wildman–Crippen MR) is 97.1 cm³/mol. The van der Waals surface area contributed by atoms with Crippen LogP contribution in [-0.2, 0) is 6.42 Å². The normalized spacial score (nSPS) is 15.5. The maximum atomic E-state index is 12.6. The first-order valence-electron chi connectivity index (χ1n) is 8.56. The van der Waals surface area contributed by atoms with E-state index in [2.05, 4.69) is 20.6 Å². The summed E-state index contributed by atoms with van der Waals surface area (Å²) in [5.41, 5.74) is 1.85. The standard InChI is InChI=1S/C19H19N5O2/c25-18(13-8-9-20-10-13)22-11-15-6-7-17-21-12-16(24(15)17)19(26)23-14-4-2-1-3-5-14/h1-5,8-10,12,15,20H,6-7,11H2,(H,22,25)(H,23,26). The van der Waals surface area contributed by atoms with Crippen molar-refractivity contribution in [3.8, 4) is 0 Å². The van der Waals surface area contributed by atoms with Gasteiger partial charge in [0.1, 0.15) is 11.5 Å². The van der Waals surface area contributed by atoms with E-state index < -0.39 is 0 Å². The van der Waals surface area contributed by atoms with Crippen LogP contribution >= 0.6 is 0 Å². The van der Waals surface area contributed by atoms with Crippen molar-refractivity contribution in [2.75, 3.05) is 11.9 Å². The van der Waals surface area contributed by atoms with Gasteiger partial charge in [0, 0.05) is 31.0 Å². The molecule has 26 heavy (non-hydrogen) atoms. The predicted octanol–water partition coefficient (Wildman–Crippen LogP) is 2.38. The zero-order valence-electron chi connectivity index (χ0n) is 14.1. The smallest absolute Gasteiger partial charge is 0.273 e. The molecule has 0 radical (unpaired) electrons. The van der Waals surface area contributed by atoms with E-state index in [1.165, 1.54) is 0 Å². The lowest BCUT2D eigenvalue weighted by molar-refractivity contribution is 0.0948. The number of anilines is 1. The number of rotatable bonds is 5. The van der Waals surface area contributed by atoms with Crippen LogP contribution in [0.4, 0.5) is 5.69 Å². The van der Waals surface area contributed by atoms with Crippen LogP contribution < -0.4 is 10.6 Å². The lowest BCUT2D eigenvalue weighted by Crippen LogP contribution is -2.30. The fraction of sp³-hybridized carbons (Fsp3) is 0.211. The number of aryl methyl sites for hydroxylation is 1. The molecule has 1 aromatic carbocycles. The van der Waals surface area contributed by atoms with Gasteiger partial charge in [-0.2, -0.15) is 0 Å². The number of carbonyl (C=O) groups excluding carboxylic acids is 2. The van der Waals surface area contributed by atoms with Gasteiger partial charge in [-0.3, -0.25) is 9.59 Å². The summed E-state index contributed by atoms with van der Waals surface area (Å²) in [4.78, 5) is 32.0. The van der Waals surface area contributed by atoms with Crippen molar-refractivity contribution in [1.82, 2.24) is 19.9 Å². The summed E-state index contributed by atoms with van der Waals surface area (Å²) in [6.45, 7) is 0.457. The van der Waals surface area contributed by atoms with Crippen molar-refractivity contribution in [2.45, 2.75) is 18.9 Å². The maximum Gasteiger partial charge on any atom is 0.273 e. The highest BCUT2D eigenvalue weighted by Gasteiger charge is 2.28. The zero-order valence-corrected chi connectivity index (χ0v) is 14.1. The number of amides is 2. The number of benzene rings is 1. The van der Waals surface area contributed by atoms with Crippen molar-refractivity contribution in [2.24, 2.45) is 0 Å². The Morgan fingerprint density at radius 1 is 1.19 bits per heavy atom. The van der Waals surface area contributed by atoms with E-state index in [1.54, 1.807) is 24.7 Å². The quantitative estimate of drug-likeness (QED) is 0.660. The Bertz CT molecular complexity index is 915. The third-order valence-electron chi connectivity index (χ3n) is 4.56. The minimum absolute atomic E-state index is 0.0203. The van der Waals surface area contributed by atoms with Crippen LogP contribution in [0.1, 0.15) is 39.1 Å². The molecule has 0 saturated carbocycles. The Kier molecular flexibility index (Phi) is 4.27. The molecule has 3 N–H and O–H groups in total. The molecular formula is C19H19N5O2. The summed E-state index contributed by atoms with van der Waals surface area (Å²) in [5.74, 6) is 0.554. The molecule has 2 amide bonds. The molecule has 0 saturated heterocycles. The number of para-hydroxylation sites is 1. The summed E-state index contributed by atoms with van der Waals surface area (Å²) < 4.78 is 1.94. The number of nitrogens with one attached hydrogen (secondary N) is 3. The molecule has 0 bridgehead atoms. The Morgan fingerprint density at radius 3 is 2.81 bits per heavy atom. The zero-order chi connectivity index (χ0) is 17.9. The van der Waals surface area contributed by atoms with Gasteiger partial charge in [0.05, 0.1) is 17.8 Å². The highest BCUT2D eigenvalue weighted by molar-refractivity contribution is 6.03. The minimum atomic E-state index is -0.196. The van der Waals surface area contributed by atoms with Crippen molar-refractivity contribution in [3.05, 3.63) is 72.1 Å². The summed E-state index contributed by atoms with van der Waals surface area (Å²) in [5, 5.41) is 5.82. The molecule has 0 spiro atoms. The largest absolute Gasteiger partial charge is 0.367 e. The first-order chi connectivity index (χ1) is 12.7. The van der Waals surface area contributed by atoms with Crippen LogP contribution in [0.3, 0.4) is 0 Å². The first kappa shape index (κ1) is 16.1. The van der Waals surface area contributed by atoms with Crippen molar-refractivity contribution in [3.63, 3.8) is 0 Å². The molecule has 0 fully saturated rings. The number of nitrogens with zero attached hydrogens (tertiary/aromatic N) is 2. The highest BCUT2D eigenvalue weighted by atomic mass is 16.2. The van der Waals surface area contributed by atoms with Crippen LogP contribution in [-0.4, -0.2) is 32.9 Å². The van der Waals surface area contributed by atoms with E-state index >= 15 is 0 Å². The van der Waals surface area contributed by atoms with Gasteiger partial charge < -0.3 is 20.2 Å². The van der Waals surface area contributed by atoms with Crippen molar-refractivity contribution in [1.29, 1.82) is 0 Å². The molecular weight excluding hydrogens is 330 g/mol. The molecule has 3 aromatic rings. The van der Waals surface area contributed by atoms with E-state index in [0.29, 0.717) is 17.8 Å². The molecule has 7 heteroatoms. The maximum absolute atomic E-state index is 12.6. The summed E-state index contributed by atoms with van der Waals surface area (Å²) in [7, 11) is 0. The Balaban J connectivity index is 1.47. The molecule has 4 rings (SSSR count). The number of fused-ring (bicyclic) bond motifs is 1. The molecule has 1 unspecified atom stereocenters. The van der Waals surface area contributed by atoms with Gasteiger partial charge in [0.25, 0.3) is 11.8 Å². The third-order valence-corrected chi connectivity index (χ3v) is 4.56. The van der Waals surface area contributed by atoms with Gasteiger partial charge in [-0.15, -0.1) is 0 Å². The van der Waals surface area contributed by atoms with Crippen molar-refractivity contribution >= 4 is 17.5 Å². The number of H-pyrrole nitrogens is 1.